The van der Waals surface area contributed by atoms with E-state index in [0.29, 0.717) is 5.56 Å². The first-order valence-electron chi connectivity index (χ1n) is 5.38. The summed E-state index contributed by atoms with van der Waals surface area (Å²) in [6.07, 6.45) is 0. The second-order valence-corrected chi connectivity index (χ2v) is 3.81. The van der Waals surface area contributed by atoms with Gasteiger partial charge in [-0.25, -0.2) is 9.59 Å². The van der Waals surface area contributed by atoms with Crippen LogP contribution in [0, 0.1) is 0 Å². The zero-order valence-corrected chi connectivity index (χ0v) is 9.75. The van der Waals surface area contributed by atoms with Gasteiger partial charge in [-0.15, -0.1) is 0 Å². The minimum atomic E-state index is -0.796. The van der Waals surface area contributed by atoms with Crippen molar-refractivity contribution in [3.63, 3.8) is 0 Å². The topological polar surface area (TPSA) is 75.7 Å². The Morgan fingerprint density at radius 1 is 1.33 bits per heavy atom. The normalized spacial score (nSPS) is 18.4. The molecule has 3 amide bonds. The molecule has 1 heterocycles. The smallest absolute Gasteiger partial charge is 0.330 e. The van der Waals surface area contributed by atoms with E-state index in [1.807, 2.05) is 0 Å². The number of amides is 3. The maximum absolute atomic E-state index is 12.0. The first-order chi connectivity index (χ1) is 8.63. The van der Waals surface area contributed by atoms with Crippen molar-refractivity contribution in [1.82, 2.24) is 10.2 Å². The molecule has 0 bridgehead atoms. The molecule has 0 radical (unpaired) electrons. The number of carbonyl (C=O) groups excluding carboxylic acids is 3. The second kappa shape index (κ2) is 4.87. The zero-order valence-electron chi connectivity index (χ0n) is 9.75. The maximum atomic E-state index is 12.0. The first kappa shape index (κ1) is 12.1. The second-order valence-electron chi connectivity index (χ2n) is 3.81. The monoisotopic (exact) mass is 248 g/mol. The van der Waals surface area contributed by atoms with Crippen LogP contribution in [0.1, 0.15) is 10.4 Å². The largest absolute Gasteiger partial charge is 0.467 e. The quantitative estimate of drug-likeness (QED) is 0.768. The molecule has 1 aliphatic heterocycles. The Kier molecular flexibility index (Phi) is 3.27. The van der Waals surface area contributed by atoms with E-state index in [4.69, 9.17) is 0 Å². The highest BCUT2D eigenvalue weighted by atomic mass is 16.5. The Morgan fingerprint density at radius 2 is 2.00 bits per heavy atom. The van der Waals surface area contributed by atoms with Gasteiger partial charge < -0.3 is 10.1 Å². The number of imide groups is 1. The van der Waals surface area contributed by atoms with E-state index >= 15 is 0 Å². The van der Waals surface area contributed by atoms with Crippen LogP contribution in [0.4, 0.5) is 4.79 Å². The molecule has 0 saturated carbocycles. The van der Waals surface area contributed by atoms with Crippen LogP contribution < -0.4 is 5.32 Å². The summed E-state index contributed by atoms with van der Waals surface area (Å²) in [6.45, 7) is -0.0146. The third kappa shape index (κ3) is 2.17. The van der Waals surface area contributed by atoms with E-state index in [1.54, 1.807) is 30.3 Å². The molecule has 1 aromatic rings. The van der Waals surface area contributed by atoms with Crippen LogP contribution in [0.15, 0.2) is 30.3 Å². The fraction of sp³-hybridized carbons (Fsp3) is 0.250. The Balaban J connectivity index is 2.13. The standard InChI is InChI=1S/C12H12N2O4/c1-18-11(16)9-7-14(12(17)13-9)10(15)8-5-3-2-4-6-8/h2-6,9H,7H2,1H3,(H,13,17)/t9-/m0/s1. The molecular weight excluding hydrogens is 236 g/mol. The number of ether oxygens (including phenoxy) is 1. The molecule has 1 fully saturated rings. The summed E-state index contributed by atoms with van der Waals surface area (Å²) in [6, 6.07) is 7.03. The molecule has 6 heteroatoms. The van der Waals surface area contributed by atoms with Gasteiger partial charge in [0.05, 0.1) is 13.7 Å². The van der Waals surface area contributed by atoms with Crippen LogP contribution in [-0.2, 0) is 9.53 Å². The predicted octanol–water partition coefficient (Wildman–Crippen LogP) is 0.394. The Labute approximate surface area is 104 Å². The van der Waals surface area contributed by atoms with Gasteiger partial charge in [0.1, 0.15) is 6.04 Å². The summed E-state index contributed by atoms with van der Waals surface area (Å²) in [5.41, 5.74) is 0.401. The van der Waals surface area contributed by atoms with Crippen molar-refractivity contribution >= 4 is 17.9 Å². The molecule has 6 nitrogen and oxygen atoms in total. The van der Waals surface area contributed by atoms with Crippen LogP contribution in [-0.4, -0.2) is 42.5 Å². The number of esters is 1. The molecule has 18 heavy (non-hydrogen) atoms. The molecule has 0 aliphatic carbocycles. The molecule has 1 aliphatic rings. The number of nitrogens with zero attached hydrogens (tertiary/aromatic N) is 1. The van der Waals surface area contributed by atoms with E-state index in [1.165, 1.54) is 7.11 Å². The van der Waals surface area contributed by atoms with Gasteiger partial charge in [0.2, 0.25) is 0 Å². The van der Waals surface area contributed by atoms with Crippen LogP contribution in [0.2, 0.25) is 0 Å². The lowest BCUT2D eigenvalue weighted by Crippen LogP contribution is -2.35. The summed E-state index contributed by atoms with van der Waals surface area (Å²) < 4.78 is 4.52. The molecule has 0 spiro atoms. The first-order valence-corrected chi connectivity index (χ1v) is 5.38. The van der Waals surface area contributed by atoms with Gasteiger partial charge in [0, 0.05) is 5.56 Å². The number of nitrogens with one attached hydrogen (secondary N) is 1. The number of hydrogen-bond acceptors (Lipinski definition) is 4. The van der Waals surface area contributed by atoms with E-state index in [0.717, 1.165) is 4.90 Å². The van der Waals surface area contributed by atoms with Crippen molar-refractivity contribution < 1.29 is 19.1 Å². The predicted molar refractivity (Wildman–Crippen MR) is 61.8 cm³/mol. The lowest BCUT2D eigenvalue weighted by molar-refractivity contribution is -0.142. The van der Waals surface area contributed by atoms with Gasteiger partial charge in [0.15, 0.2) is 0 Å². The average molecular weight is 248 g/mol. The fourth-order valence-electron chi connectivity index (χ4n) is 1.73. The molecule has 1 N–H and O–H groups in total. The van der Waals surface area contributed by atoms with E-state index in [-0.39, 0.29) is 6.54 Å². The van der Waals surface area contributed by atoms with Crippen LogP contribution >= 0.6 is 0 Å². The molecular formula is C12H12N2O4. The van der Waals surface area contributed by atoms with Crippen molar-refractivity contribution in [2.75, 3.05) is 13.7 Å². The van der Waals surface area contributed by atoms with Crippen molar-refractivity contribution in [2.24, 2.45) is 0 Å². The van der Waals surface area contributed by atoms with Crippen molar-refractivity contribution in [3.8, 4) is 0 Å². The molecule has 1 saturated heterocycles. The van der Waals surface area contributed by atoms with Gasteiger partial charge in [-0.05, 0) is 12.1 Å². The number of urea groups is 1. The van der Waals surface area contributed by atoms with Gasteiger partial charge in [-0.3, -0.25) is 9.69 Å². The van der Waals surface area contributed by atoms with Crippen molar-refractivity contribution in [2.45, 2.75) is 6.04 Å². The van der Waals surface area contributed by atoms with Gasteiger partial charge in [-0.1, -0.05) is 18.2 Å². The third-order valence-corrected chi connectivity index (χ3v) is 2.66. The number of rotatable bonds is 2. The van der Waals surface area contributed by atoms with E-state index in [2.05, 4.69) is 10.1 Å². The molecule has 0 unspecified atom stereocenters. The highest BCUT2D eigenvalue weighted by molar-refractivity contribution is 6.06. The number of methoxy groups -OCH3 is 1. The van der Waals surface area contributed by atoms with Crippen LogP contribution in [0.25, 0.3) is 0 Å². The molecule has 0 aromatic heterocycles. The summed E-state index contributed by atoms with van der Waals surface area (Å²) >= 11 is 0. The van der Waals surface area contributed by atoms with Gasteiger partial charge >= 0.3 is 12.0 Å². The average Bonchev–Trinajstić information content (AvgIpc) is 2.80. The lowest BCUT2D eigenvalue weighted by atomic mass is 10.2. The van der Waals surface area contributed by atoms with Crippen LogP contribution in [0.3, 0.4) is 0 Å². The molecule has 1 atom stereocenters. The third-order valence-electron chi connectivity index (χ3n) is 2.66. The van der Waals surface area contributed by atoms with E-state index in [9.17, 15) is 14.4 Å². The summed E-state index contributed by atoms with van der Waals surface area (Å²) in [7, 11) is 1.23. The Morgan fingerprint density at radius 3 is 2.61 bits per heavy atom. The molecule has 1 aromatic carbocycles. The fourth-order valence-corrected chi connectivity index (χ4v) is 1.73. The Hall–Kier alpha value is -2.37. The van der Waals surface area contributed by atoms with E-state index < -0.39 is 23.9 Å². The number of hydrogen-bond donors (Lipinski definition) is 1. The van der Waals surface area contributed by atoms with Crippen LogP contribution in [0.5, 0.6) is 0 Å². The minimum absolute atomic E-state index is 0.0146. The number of benzene rings is 1. The highest BCUT2D eigenvalue weighted by Crippen LogP contribution is 2.11. The van der Waals surface area contributed by atoms with Crippen molar-refractivity contribution in [1.29, 1.82) is 0 Å². The lowest BCUT2D eigenvalue weighted by Gasteiger charge is -2.12. The SMILES string of the molecule is COC(=O)[C@@H]1CN(C(=O)c2ccccc2)C(=O)N1. The molecule has 2 rings (SSSR count). The molecule has 94 valence electrons. The summed E-state index contributed by atoms with van der Waals surface area (Å²) in [5, 5.41) is 2.40. The van der Waals surface area contributed by atoms with Crippen molar-refractivity contribution in [3.05, 3.63) is 35.9 Å². The maximum Gasteiger partial charge on any atom is 0.330 e. The number of carbonyl (C=O) groups is 3. The summed E-state index contributed by atoms with van der Waals surface area (Å²) in [4.78, 5) is 35.9. The highest BCUT2D eigenvalue weighted by Gasteiger charge is 2.37. The minimum Gasteiger partial charge on any atom is -0.467 e. The van der Waals surface area contributed by atoms with Gasteiger partial charge in [0.25, 0.3) is 5.91 Å². The summed E-state index contributed by atoms with van der Waals surface area (Å²) in [5.74, 6) is -0.994. The zero-order chi connectivity index (χ0) is 13.1. The van der Waals surface area contributed by atoms with Gasteiger partial charge in [-0.2, -0.15) is 0 Å². The Bertz CT molecular complexity index is 486.